The number of nitrogens with one attached hydrogen (secondary N) is 1. The second kappa shape index (κ2) is 9.03. The van der Waals surface area contributed by atoms with Crippen molar-refractivity contribution < 1.29 is 19.4 Å². The van der Waals surface area contributed by atoms with E-state index in [1.807, 2.05) is 24.3 Å². The van der Waals surface area contributed by atoms with E-state index >= 15 is 0 Å². The van der Waals surface area contributed by atoms with Gasteiger partial charge in [-0.15, -0.1) is 0 Å². The Balaban J connectivity index is 1.91. The van der Waals surface area contributed by atoms with Crippen molar-refractivity contribution in [1.29, 1.82) is 0 Å². The monoisotopic (exact) mass is 383 g/mol. The largest absolute Gasteiger partial charge is 0.481 e. The van der Waals surface area contributed by atoms with E-state index in [9.17, 15) is 9.59 Å². The van der Waals surface area contributed by atoms with Crippen LogP contribution in [0.25, 0.3) is 0 Å². The summed E-state index contributed by atoms with van der Waals surface area (Å²) in [6.45, 7) is 1.54. The summed E-state index contributed by atoms with van der Waals surface area (Å²) in [5.41, 5.74) is 0.793. The molecule has 1 aromatic carbocycles. The second-order valence-electron chi connectivity index (χ2n) is 5.87. The van der Waals surface area contributed by atoms with E-state index in [2.05, 4.69) is 21.2 Å². The predicted molar refractivity (Wildman–Crippen MR) is 90.1 cm³/mol. The van der Waals surface area contributed by atoms with Crippen LogP contribution in [0.5, 0.6) is 0 Å². The molecule has 1 aliphatic heterocycles. The normalized spacial score (nSPS) is 16.7. The summed E-state index contributed by atoms with van der Waals surface area (Å²) in [5, 5.41) is 11.9. The van der Waals surface area contributed by atoms with Crippen molar-refractivity contribution in [2.45, 2.75) is 38.1 Å². The van der Waals surface area contributed by atoms with Crippen LogP contribution >= 0.6 is 15.9 Å². The Hall–Kier alpha value is -1.40. The topological polar surface area (TPSA) is 75.6 Å². The van der Waals surface area contributed by atoms with Gasteiger partial charge >= 0.3 is 5.97 Å². The van der Waals surface area contributed by atoms with E-state index < -0.39 is 12.0 Å². The zero-order valence-electron chi connectivity index (χ0n) is 13.0. The van der Waals surface area contributed by atoms with E-state index in [1.165, 1.54) is 0 Å². The van der Waals surface area contributed by atoms with E-state index in [0.717, 1.165) is 42.5 Å². The molecule has 1 amide bonds. The van der Waals surface area contributed by atoms with Crippen molar-refractivity contribution >= 4 is 27.8 Å². The summed E-state index contributed by atoms with van der Waals surface area (Å²) in [6, 6.07) is 6.87. The van der Waals surface area contributed by atoms with Crippen LogP contribution in [0.2, 0.25) is 0 Å². The van der Waals surface area contributed by atoms with Gasteiger partial charge in [0.2, 0.25) is 5.91 Å². The van der Waals surface area contributed by atoms with Gasteiger partial charge in [0.1, 0.15) is 0 Å². The highest BCUT2D eigenvalue weighted by atomic mass is 79.9. The Morgan fingerprint density at radius 3 is 2.74 bits per heavy atom. The first-order valence-electron chi connectivity index (χ1n) is 7.89. The molecular weight excluding hydrogens is 362 g/mol. The van der Waals surface area contributed by atoms with Crippen molar-refractivity contribution in [3.63, 3.8) is 0 Å². The quantitative estimate of drug-likeness (QED) is 0.757. The van der Waals surface area contributed by atoms with Crippen molar-refractivity contribution in [1.82, 2.24) is 5.32 Å². The standard InChI is InChI=1S/C17H22BrNO4/c18-14-3-1-2-13(10-14)15(11-17(21)22)19-16(20)5-4-12-6-8-23-9-7-12/h1-3,10,12,15H,4-9,11H2,(H,19,20)(H,21,22). The van der Waals surface area contributed by atoms with Crippen molar-refractivity contribution in [3.05, 3.63) is 34.3 Å². The van der Waals surface area contributed by atoms with Gasteiger partial charge in [-0.05, 0) is 42.9 Å². The molecule has 1 aliphatic rings. The number of hydrogen-bond donors (Lipinski definition) is 2. The van der Waals surface area contributed by atoms with Crippen molar-refractivity contribution in [2.24, 2.45) is 5.92 Å². The van der Waals surface area contributed by atoms with Crippen LogP contribution in [-0.4, -0.2) is 30.2 Å². The smallest absolute Gasteiger partial charge is 0.305 e. The number of carbonyl (C=O) groups is 2. The molecule has 2 rings (SSSR count). The van der Waals surface area contributed by atoms with Gasteiger partial charge in [-0.25, -0.2) is 0 Å². The number of halogens is 1. The number of carbonyl (C=O) groups excluding carboxylic acids is 1. The van der Waals surface area contributed by atoms with E-state index in [1.54, 1.807) is 0 Å². The predicted octanol–water partition coefficient (Wildman–Crippen LogP) is 3.29. The molecule has 23 heavy (non-hydrogen) atoms. The lowest BCUT2D eigenvalue weighted by atomic mass is 9.94. The lowest BCUT2D eigenvalue weighted by molar-refractivity contribution is -0.137. The highest BCUT2D eigenvalue weighted by Crippen LogP contribution is 2.23. The second-order valence-corrected chi connectivity index (χ2v) is 6.78. The lowest BCUT2D eigenvalue weighted by Gasteiger charge is -2.22. The summed E-state index contributed by atoms with van der Waals surface area (Å²) >= 11 is 3.37. The first kappa shape index (κ1) is 17.9. The molecule has 1 saturated heterocycles. The van der Waals surface area contributed by atoms with Crippen molar-refractivity contribution in [3.8, 4) is 0 Å². The number of hydrogen-bond acceptors (Lipinski definition) is 3. The van der Waals surface area contributed by atoms with Crippen LogP contribution in [0.4, 0.5) is 0 Å². The minimum Gasteiger partial charge on any atom is -0.481 e. The molecule has 126 valence electrons. The summed E-state index contributed by atoms with van der Waals surface area (Å²) in [6.07, 6.45) is 3.12. The maximum Gasteiger partial charge on any atom is 0.305 e. The summed E-state index contributed by atoms with van der Waals surface area (Å²) in [4.78, 5) is 23.3. The molecule has 0 saturated carbocycles. The Bertz CT molecular complexity index is 543. The summed E-state index contributed by atoms with van der Waals surface area (Å²) < 4.78 is 6.18. The SMILES string of the molecule is O=C(O)CC(NC(=O)CCC1CCOCC1)c1cccc(Br)c1. The first-order chi connectivity index (χ1) is 11.0. The molecule has 1 aromatic rings. The molecule has 1 unspecified atom stereocenters. The molecule has 1 fully saturated rings. The number of ether oxygens (including phenoxy) is 1. The molecule has 1 heterocycles. The Kier molecular flexibility index (Phi) is 7.05. The molecule has 5 nitrogen and oxygen atoms in total. The molecule has 2 N–H and O–H groups in total. The molecule has 0 spiro atoms. The molecule has 0 aromatic heterocycles. The van der Waals surface area contributed by atoms with Gasteiger partial charge in [0.25, 0.3) is 0 Å². The molecule has 6 heteroatoms. The molecule has 0 bridgehead atoms. The summed E-state index contributed by atoms with van der Waals surface area (Å²) in [5.74, 6) is -0.499. The fourth-order valence-corrected chi connectivity index (χ4v) is 3.20. The minimum atomic E-state index is -0.931. The zero-order valence-corrected chi connectivity index (χ0v) is 14.5. The van der Waals surface area contributed by atoms with Crippen molar-refractivity contribution in [2.75, 3.05) is 13.2 Å². The highest BCUT2D eigenvalue weighted by Gasteiger charge is 2.20. The number of rotatable bonds is 7. The Labute approximate surface area is 144 Å². The average Bonchev–Trinajstić information content (AvgIpc) is 2.53. The van der Waals surface area contributed by atoms with Gasteiger partial charge in [0, 0.05) is 24.1 Å². The molecule has 1 atom stereocenters. The zero-order chi connectivity index (χ0) is 16.7. The van der Waals surface area contributed by atoms with Gasteiger partial charge in [0.05, 0.1) is 12.5 Å². The average molecular weight is 384 g/mol. The maximum absolute atomic E-state index is 12.2. The highest BCUT2D eigenvalue weighted by molar-refractivity contribution is 9.10. The molecule has 0 aliphatic carbocycles. The number of benzene rings is 1. The molecular formula is C17H22BrNO4. The minimum absolute atomic E-state index is 0.0947. The van der Waals surface area contributed by atoms with Crippen LogP contribution in [0.3, 0.4) is 0 Å². The number of carboxylic acids is 1. The summed E-state index contributed by atoms with van der Waals surface area (Å²) in [7, 11) is 0. The van der Waals surface area contributed by atoms with Crippen LogP contribution in [0.15, 0.2) is 28.7 Å². The van der Waals surface area contributed by atoms with Gasteiger partial charge < -0.3 is 15.2 Å². The number of carboxylic acid groups (broad SMARTS) is 1. The lowest BCUT2D eigenvalue weighted by Crippen LogP contribution is -2.30. The third kappa shape index (κ3) is 6.31. The Morgan fingerprint density at radius 1 is 1.35 bits per heavy atom. The maximum atomic E-state index is 12.2. The van der Waals surface area contributed by atoms with Gasteiger partial charge in [-0.3, -0.25) is 9.59 Å². The fraction of sp³-hybridized carbons (Fsp3) is 0.529. The first-order valence-corrected chi connectivity index (χ1v) is 8.68. The van der Waals surface area contributed by atoms with E-state index in [4.69, 9.17) is 9.84 Å². The van der Waals surface area contributed by atoms with Gasteiger partial charge in [0.15, 0.2) is 0 Å². The third-order valence-corrected chi connectivity index (χ3v) is 4.58. The van der Waals surface area contributed by atoms with E-state index in [-0.39, 0.29) is 12.3 Å². The third-order valence-electron chi connectivity index (χ3n) is 4.09. The number of amides is 1. The van der Waals surface area contributed by atoms with Crippen LogP contribution in [0.1, 0.15) is 43.7 Å². The van der Waals surface area contributed by atoms with Crippen LogP contribution < -0.4 is 5.32 Å². The van der Waals surface area contributed by atoms with Gasteiger partial charge in [-0.2, -0.15) is 0 Å². The van der Waals surface area contributed by atoms with Crippen LogP contribution in [-0.2, 0) is 14.3 Å². The Morgan fingerprint density at radius 2 is 2.09 bits per heavy atom. The molecule has 0 radical (unpaired) electrons. The van der Waals surface area contributed by atoms with E-state index in [0.29, 0.717) is 12.3 Å². The fourth-order valence-electron chi connectivity index (χ4n) is 2.79. The number of aliphatic carboxylic acids is 1. The van der Waals surface area contributed by atoms with Crippen LogP contribution in [0, 0.1) is 5.92 Å². The van der Waals surface area contributed by atoms with Gasteiger partial charge in [-0.1, -0.05) is 28.1 Å².